The Morgan fingerprint density at radius 2 is 2.06 bits per heavy atom. The SMILES string of the molecule is COc1cc(F)c(C(=O)OCCO)cc1F. The van der Waals surface area contributed by atoms with Crippen LogP contribution >= 0.6 is 0 Å². The van der Waals surface area contributed by atoms with Crippen molar-refractivity contribution in [1.82, 2.24) is 0 Å². The summed E-state index contributed by atoms with van der Waals surface area (Å²) >= 11 is 0. The molecule has 1 N–H and O–H groups in total. The molecule has 0 unspecified atom stereocenters. The minimum atomic E-state index is -1.03. The molecule has 0 aliphatic rings. The van der Waals surface area contributed by atoms with Crippen LogP contribution in [0.15, 0.2) is 12.1 Å². The number of ether oxygens (including phenoxy) is 2. The van der Waals surface area contributed by atoms with E-state index in [1.165, 1.54) is 7.11 Å². The van der Waals surface area contributed by atoms with Gasteiger partial charge >= 0.3 is 5.97 Å². The van der Waals surface area contributed by atoms with Crippen LogP contribution in [0.1, 0.15) is 10.4 Å². The third-order valence-corrected chi connectivity index (χ3v) is 1.79. The summed E-state index contributed by atoms with van der Waals surface area (Å²) in [5, 5.41) is 8.40. The number of aliphatic hydroxyl groups is 1. The van der Waals surface area contributed by atoms with Crippen LogP contribution in [-0.4, -0.2) is 31.4 Å². The van der Waals surface area contributed by atoms with Crippen LogP contribution in [0.5, 0.6) is 5.75 Å². The van der Waals surface area contributed by atoms with E-state index >= 15 is 0 Å². The van der Waals surface area contributed by atoms with Crippen molar-refractivity contribution in [2.45, 2.75) is 0 Å². The van der Waals surface area contributed by atoms with E-state index in [-0.39, 0.29) is 19.0 Å². The normalized spacial score (nSPS) is 10.0. The molecular formula is C10H10F2O4. The number of carbonyl (C=O) groups is 1. The van der Waals surface area contributed by atoms with Gasteiger partial charge in [0.15, 0.2) is 11.6 Å². The maximum Gasteiger partial charge on any atom is 0.341 e. The molecule has 1 aromatic rings. The second kappa shape index (κ2) is 5.41. The summed E-state index contributed by atoms with van der Waals surface area (Å²) < 4.78 is 35.4. The highest BCUT2D eigenvalue weighted by Crippen LogP contribution is 2.21. The lowest BCUT2D eigenvalue weighted by Crippen LogP contribution is -2.11. The zero-order chi connectivity index (χ0) is 12.1. The van der Waals surface area contributed by atoms with Gasteiger partial charge in [-0.3, -0.25) is 0 Å². The van der Waals surface area contributed by atoms with Gasteiger partial charge in [0.25, 0.3) is 0 Å². The first-order chi connectivity index (χ1) is 7.60. The van der Waals surface area contributed by atoms with Gasteiger partial charge in [0.1, 0.15) is 12.4 Å². The first-order valence-corrected chi connectivity index (χ1v) is 4.41. The summed E-state index contributed by atoms with van der Waals surface area (Å²) in [6, 6.07) is 1.44. The van der Waals surface area contributed by atoms with E-state index in [1.807, 2.05) is 0 Å². The van der Waals surface area contributed by atoms with Gasteiger partial charge in [-0.2, -0.15) is 0 Å². The van der Waals surface area contributed by atoms with Crippen molar-refractivity contribution < 1.29 is 28.2 Å². The highest BCUT2D eigenvalue weighted by Gasteiger charge is 2.17. The van der Waals surface area contributed by atoms with Crippen LogP contribution < -0.4 is 4.74 Å². The Labute approximate surface area is 90.4 Å². The van der Waals surface area contributed by atoms with Gasteiger partial charge in [0.2, 0.25) is 0 Å². The molecule has 0 aliphatic carbocycles. The summed E-state index contributed by atoms with van der Waals surface area (Å²) in [4.78, 5) is 11.2. The van der Waals surface area contributed by atoms with Crippen molar-refractivity contribution in [1.29, 1.82) is 0 Å². The number of methoxy groups -OCH3 is 1. The molecule has 0 atom stereocenters. The number of benzene rings is 1. The lowest BCUT2D eigenvalue weighted by atomic mass is 10.2. The molecule has 0 radical (unpaired) electrons. The number of halogens is 2. The zero-order valence-corrected chi connectivity index (χ0v) is 8.50. The summed E-state index contributed by atoms with van der Waals surface area (Å²) in [7, 11) is 1.18. The van der Waals surface area contributed by atoms with E-state index in [1.54, 1.807) is 0 Å². The van der Waals surface area contributed by atoms with Gasteiger partial charge in [0.05, 0.1) is 19.3 Å². The molecular weight excluding hydrogens is 222 g/mol. The topological polar surface area (TPSA) is 55.8 Å². The maximum atomic E-state index is 13.3. The van der Waals surface area contributed by atoms with Gasteiger partial charge < -0.3 is 14.6 Å². The largest absolute Gasteiger partial charge is 0.494 e. The molecule has 0 aliphatic heterocycles. The Hall–Kier alpha value is -1.69. The number of esters is 1. The molecule has 1 rings (SSSR count). The Morgan fingerprint density at radius 1 is 1.38 bits per heavy atom. The van der Waals surface area contributed by atoms with E-state index in [0.29, 0.717) is 6.07 Å². The fourth-order valence-electron chi connectivity index (χ4n) is 1.06. The average molecular weight is 232 g/mol. The first-order valence-electron chi connectivity index (χ1n) is 4.41. The molecule has 6 heteroatoms. The van der Waals surface area contributed by atoms with Crippen molar-refractivity contribution >= 4 is 5.97 Å². The minimum absolute atomic E-state index is 0.272. The number of rotatable bonds is 4. The summed E-state index contributed by atoms with van der Waals surface area (Å²) in [5.74, 6) is -3.13. The van der Waals surface area contributed by atoms with Crippen molar-refractivity contribution in [3.63, 3.8) is 0 Å². The summed E-state index contributed by atoms with van der Waals surface area (Å²) in [6.07, 6.45) is 0. The quantitative estimate of drug-likeness (QED) is 0.790. The maximum absolute atomic E-state index is 13.3. The molecule has 0 saturated heterocycles. The standard InChI is InChI=1S/C10H10F2O4/c1-15-9-5-7(11)6(4-8(9)12)10(14)16-3-2-13/h4-5,13H,2-3H2,1H3. The average Bonchev–Trinajstić information content (AvgIpc) is 2.28. The van der Waals surface area contributed by atoms with Gasteiger partial charge in [-0.1, -0.05) is 0 Å². The van der Waals surface area contributed by atoms with Crippen LogP contribution in [0.25, 0.3) is 0 Å². The van der Waals surface area contributed by atoms with Crippen LogP contribution in [0, 0.1) is 11.6 Å². The molecule has 0 saturated carbocycles. The van der Waals surface area contributed by atoms with Crippen LogP contribution in [-0.2, 0) is 4.74 Å². The number of aliphatic hydroxyl groups excluding tert-OH is 1. The summed E-state index contributed by atoms with van der Waals surface area (Å²) in [6.45, 7) is -0.655. The van der Waals surface area contributed by atoms with Crippen LogP contribution in [0.2, 0.25) is 0 Å². The Kier molecular flexibility index (Phi) is 4.19. The second-order valence-electron chi connectivity index (χ2n) is 2.83. The number of carbonyl (C=O) groups excluding carboxylic acids is 1. The van der Waals surface area contributed by atoms with E-state index in [9.17, 15) is 13.6 Å². The highest BCUT2D eigenvalue weighted by atomic mass is 19.1. The predicted octanol–water partition coefficient (Wildman–Crippen LogP) is 1.12. The lowest BCUT2D eigenvalue weighted by Gasteiger charge is -2.06. The van der Waals surface area contributed by atoms with Crippen molar-refractivity contribution in [3.8, 4) is 5.75 Å². The molecule has 4 nitrogen and oxygen atoms in total. The lowest BCUT2D eigenvalue weighted by molar-refractivity contribution is 0.0428. The Balaban J connectivity index is 2.97. The molecule has 0 amide bonds. The Morgan fingerprint density at radius 3 is 2.62 bits per heavy atom. The number of hydrogen-bond acceptors (Lipinski definition) is 4. The third kappa shape index (κ3) is 2.66. The fraction of sp³-hybridized carbons (Fsp3) is 0.300. The van der Waals surface area contributed by atoms with Gasteiger partial charge in [0, 0.05) is 6.07 Å². The van der Waals surface area contributed by atoms with E-state index in [0.717, 1.165) is 6.07 Å². The smallest absolute Gasteiger partial charge is 0.341 e. The van der Waals surface area contributed by atoms with Crippen molar-refractivity contribution in [3.05, 3.63) is 29.3 Å². The number of hydrogen-bond donors (Lipinski definition) is 1. The third-order valence-electron chi connectivity index (χ3n) is 1.79. The zero-order valence-electron chi connectivity index (χ0n) is 8.50. The van der Waals surface area contributed by atoms with Crippen molar-refractivity contribution in [2.24, 2.45) is 0 Å². The minimum Gasteiger partial charge on any atom is -0.494 e. The first kappa shape index (κ1) is 12.4. The summed E-state index contributed by atoms with van der Waals surface area (Å²) in [5.41, 5.74) is -0.535. The predicted molar refractivity (Wildman–Crippen MR) is 50.3 cm³/mol. The van der Waals surface area contributed by atoms with Gasteiger partial charge in [-0.15, -0.1) is 0 Å². The second-order valence-corrected chi connectivity index (χ2v) is 2.83. The van der Waals surface area contributed by atoms with Crippen LogP contribution in [0.4, 0.5) is 8.78 Å². The van der Waals surface area contributed by atoms with E-state index in [2.05, 4.69) is 9.47 Å². The van der Waals surface area contributed by atoms with E-state index in [4.69, 9.17) is 5.11 Å². The molecule has 0 bridgehead atoms. The molecule has 0 fully saturated rings. The fourth-order valence-corrected chi connectivity index (χ4v) is 1.06. The monoisotopic (exact) mass is 232 g/mol. The molecule has 16 heavy (non-hydrogen) atoms. The Bertz CT molecular complexity index is 393. The molecule has 88 valence electrons. The van der Waals surface area contributed by atoms with Crippen molar-refractivity contribution in [2.75, 3.05) is 20.3 Å². The molecule has 1 aromatic carbocycles. The molecule has 0 heterocycles. The van der Waals surface area contributed by atoms with Gasteiger partial charge in [-0.25, -0.2) is 13.6 Å². The molecule has 0 aromatic heterocycles. The van der Waals surface area contributed by atoms with Crippen LogP contribution in [0.3, 0.4) is 0 Å². The van der Waals surface area contributed by atoms with E-state index < -0.39 is 23.2 Å². The van der Waals surface area contributed by atoms with Gasteiger partial charge in [-0.05, 0) is 6.07 Å². The highest BCUT2D eigenvalue weighted by molar-refractivity contribution is 5.89. The molecule has 0 spiro atoms.